The molecule has 10 heteroatoms. The molecule has 2 rings (SSSR count). The summed E-state index contributed by atoms with van der Waals surface area (Å²) in [7, 11) is -5.56. The van der Waals surface area contributed by atoms with Crippen LogP contribution < -0.4 is 46.7 Å². The Balaban J connectivity index is -0.000000521. The molecule has 0 aliphatic carbocycles. The Hall–Kier alpha value is -0.491. The average Bonchev–Trinajstić information content (AvgIpc) is 2.98. The Labute approximate surface area is 337 Å². The average molecular weight is 719 g/mol. The van der Waals surface area contributed by atoms with Crippen LogP contribution in [0, 0.1) is 0 Å². The van der Waals surface area contributed by atoms with Gasteiger partial charge in [0.2, 0.25) is 0 Å². The van der Waals surface area contributed by atoms with Crippen molar-refractivity contribution < 1.29 is 56.7 Å². The molecule has 50 heavy (non-hydrogen) atoms. The quantitative estimate of drug-likeness (QED) is 0.225. The third-order valence-corrected chi connectivity index (χ3v) is 14.3. The summed E-state index contributed by atoms with van der Waals surface area (Å²) in [5.74, 6) is 1.45. The molecule has 0 heterocycles. The number of nitrogens with zero attached hydrogens (tertiary/aromatic N) is 2. The zero-order chi connectivity index (χ0) is 37.7. The molecule has 0 bridgehead atoms. The van der Waals surface area contributed by atoms with E-state index in [1.54, 1.807) is 0 Å². The molecule has 0 saturated carbocycles. The molecule has 6 nitrogen and oxygen atoms in total. The van der Waals surface area contributed by atoms with E-state index in [1.807, 2.05) is 54.6 Å². The maximum atomic E-state index is 14.1. The van der Waals surface area contributed by atoms with Crippen LogP contribution in [-0.4, -0.2) is 56.5 Å². The van der Waals surface area contributed by atoms with Gasteiger partial charge in [0.15, 0.2) is 0 Å². The minimum absolute atomic E-state index is 0. The summed E-state index contributed by atoms with van der Waals surface area (Å²) in [6.07, 6.45) is 0. The molecular weight excluding hydrogens is 643 g/mol. The van der Waals surface area contributed by atoms with Gasteiger partial charge < -0.3 is 28.2 Å². The van der Waals surface area contributed by atoms with Gasteiger partial charge in [-0.05, 0) is 76.3 Å². The van der Waals surface area contributed by atoms with Crippen LogP contribution in [0.5, 0.6) is 0 Å². The maximum Gasteiger partial charge on any atom is 1.00 e. The van der Waals surface area contributed by atoms with Crippen molar-refractivity contribution in [2.45, 2.75) is 147 Å². The van der Waals surface area contributed by atoms with Crippen LogP contribution in [0.1, 0.15) is 143 Å². The van der Waals surface area contributed by atoms with Gasteiger partial charge in [0.25, 0.3) is 0 Å². The van der Waals surface area contributed by atoms with Crippen molar-refractivity contribution in [1.29, 1.82) is 0 Å². The van der Waals surface area contributed by atoms with E-state index in [1.165, 1.54) is 27.9 Å². The van der Waals surface area contributed by atoms with Gasteiger partial charge in [-0.25, -0.2) is 0 Å². The van der Waals surface area contributed by atoms with E-state index in [0.717, 1.165) is 45.3 Å². The maximum absolute atomic E-state index is 14.1. The van der Waals surface area contributed by atoms with Crippen LogP contribution in [0.2, 0.25) is 26.2 Å². The zero-order valence-electron chi connectivity index (χ0n) is 36.5. The molecular formula is C40H76Li2N2O4Si2. The third-order valence-electron chi connectivity index (χ3n) is 7.60. The molecule has 0 saturated heterocycles. The molecule has 0 spiro atoms. The first-order valence-electron chi connectivity index (χ1n) is 18.6. The van der Waals surface area contributed by atoms with Gasteiger partial charge in [-0.15, -0.1) is 5.69 Å². The molecule has 280 valence electrons. The molecule has 0 unspecified atom stereocenters. The standard InChI is InChI=1S/C28H46N2OSi2.3C4H10O.2Li/c1-19(2)23-15-13-16-24(20(3)4)27(23)29-32(9,10)30(33(11,12)31)28-25(21(5)6)17-14-18-26(28)22(7)8;3*1-3-5-4-2;;/h13-22H,1-12H3;3*3-4H2,1-2H3;;/q-2;;;;2*+1. The van der Waals surface area contributed by atoms with Crippen LogP contribution >= 0.6 is 0 Å². The number of hydrogen-bond donors (Lipinski definition) is 0. The van der Waals surface area contributed by atoms with E-state index in [4.69, 9.17) is 19.2 Å². The molecule has 2 aromatic rings. The van der Waals surface area contributed by atoms with E-state index >= 15 is 0 Å². The molecule has 0 aliphatic heterocycles. The fraction of sp³-hybridized carbons (Fsp3) is 0.700. The molecule has 0 radical (unpaired) electrons. The van der Waals surface area contributed by atoms with Gasteiger partial charge in [-0.1, -0.05) is 129 Å². The smallest absolute Gasteiger partial charge is 0.844 e. The SMILES string of the molecule is CC(C)c1cccc(C(C)C)c1[N-][Si](C)(C)N(c1c(C(C)C)cccc1C(C)C)[Si](C)(C)[O-].CCOCC.CCOCC.CCOCC.[Li+].[Li+]. The van der Waals surface area contributed by atoms with Gasteiger partial charge in [0.05, 0.1) is 0 Å². The number of anilines is 1. The summed E-state index contributed by atoms with van der Waals surface area (Å²) < 4.78 is 16.8. The number of rotatable bonds is 15. The fourth-order valence-electron chi connectivity index (χ4n) is 5.55. The van der Waals surface area contributed by atoms with E-state index < -0.39 is 16.9 Å². The molecule has 0 aromatic heterocycles. The van der Waals surface area contributed by atoms with E-state index in [0.29, 0.717) is 23.7 Å². The summed E-state index contributed by atoms with van der Waals surface area (Å²) in [4.78, 5) is 19.6. The van der Waals surface area contributed by atoms with Gasteiger partial charge in [-0.3, -0.25) is 0 Å². The molecule has 0 fully saturated rings. The third kappa shape index (κ3) is 20.7. The minimum atomic E-state index is -3.01. The second-order valence-electron chi connectivity index (χ2n) is 13.9. The Morgan fingerprint density at radius 1 is 0.540 bits per heavy atom. The first-order chi connectivity index (χ1) is 22.3. The topological polar surface area (TPSA) is 68.1 Å². The molecule has 0 aliphatic rings. The first-order valence-corrected chi connectivity index (χ1v) is 24.3. The Kier molecular flexibility index (Phi) is 33.6. The van der Waals surface area contributed by atoms with E-state index in [9.17, 15) is 4.80 Å². The number of benzene rings is 2. The largest absolute Gasteiger partial charge is 1.00 e. The van der Waals surface area contributed by atoms with Crippen LogP contribution in [0.3, 0.4) is 0 Å². The van der Waals surface area contributed by atoms with Crippen molar-refractivity contribution in [3.8, 4) is 0 Å². The predicted molar refractivity (Wildman–Crippen MR) is 216 cm³/mol. The Bertz CT molecular complexity index is 1040. The normalized spacial score (nSPS) is 11.0. The van der Waals surface area contributed by atoms with Crippen molar-refractivity contribution in [3.05, 3.63) is 63.6 Å². The van der Waals surface area contributed by atoms with Crippen molar-refractivity contribution in [2.24, 2.45) is 0 Å². The Morgan fingerprint density at radius 2 is 0.800 bits per heavy atom. The fourth-order valence-corrected chi connectivity index (χ4v) is 13.5. The summed E-state index contributed by atoms with van der Waals surface area (Å²) in [6, 6.07) is 13.2. The summed E-state index contributed by atoms with van der Waals surface area (Å²) in [5, 5.41) is 0. The molecule has 2 aromatic carbocycles. The van der Waals surface area contributed by atoms with Gasteiger partial charge in [-0.2, -0.15) is 0 Å². The van der Waals surface area contributed by atoms with E-state index in [-0.39, 0.29) is 37.7 Å². The molecule has 0 atom stereocenters. The van der Waals surface area contributed by atoms with Crippen LogP contribution in [0.25, 0.3) is 4.98 Å². The number of hydrogen-bond acceptors (Lipinski definition) is 5. The second kappa shape index (κ2) is 29.9. The van der Waals surface area contributed by atoms with Crippen molar-refractivity contribution in [1.82, 2.24) is 0 Å². The minimum Gasteiger partial charge on any atom is -0.844 e. The van der Waals surface area contributed by atoms with Crippen LogP contribution in [0.4, 0.5) is 11.4 Å². The first kappa shape index (κ1) is 56.3. The molecule has 0 N–H and O–H groups in total. The van der Waals surface area contributed by atoms with Gasteiger partial charge >= 0.3 is 37.7 Å². The summed E-state index contributed by atoms with van der Waals surface area (Å²) >= 11 is 0. The Morgan fingerprint density at radius 3 is 1.00 bits per heavy atom. The van der Waals surface area contributed by atoms with Crippen molar-refractivity contribution in [2.75, 3.05) is 43.9 Å². The zero-order valence-corrected chi connectivity index (χ0v) is 38.5. The van der Waals surface area contributed by atoms with Crippen molar-refractivity contribution in [3.63, 3.8) is 0 Å². The summed E-state index contributed by atoms with van der Waals surface area (Å²) in [6.45, 7) is 43.3. The summed E-state index contributed by atoms with van der Waals surface area (Å²) in [5.41, 5.74) is 7.41. The van der Waals surface area contributed by atoms with Gasteiger partial charge in [0, 0.05) is 62.2 Å². The predicted octanol–water partition coefficient (Wildman–Crippen LogP) is 5.59. The van der Waals surface area contributed by atoms with Crippen molar-refractivity contribution >= 4 is 28.3 Å². The monoisotopic (exact) mass is 719 g/mol. The number of para-hydroxylation sites is 1. The van der Waals surface area contributed by atoms with Crippen LogP contribution in [0.15, 0.2) is 36.4 Å². The van der Waals surface area contributed by atoms with E-state index in [2.05, 4.69) is 109 Å². The van der Waals surface area contributed by atoms with Gasteiger partial charge in [0.1, 0.15) is 0 Å². The van der Waals surface area contributed by atoms with Crippen LogP contribution in [-0.2, 0) is 14.2 Å². The number of ether oxygens (including phenoxy) is 3. The molecule has 0 amide bonds. The second-order valence-corrected chi connectivity index (χ2v) is 21.4.